The van der Waals surface area contributed by atoms with Crippen LogP contribution in [0.4, 0.5) is 0 Å². The Bertz CT molecular complexity index is 160. The van der Waals surface area contributed by atoms with E-state index in [-0.39, 0.29) is 11.3 Å². The molecule has 0 heterocycles. The van der Waals surface area contributed by atoms with E-state index in [1.165, 1.54) is 6.42 Å². The highest BCUT2D eigenvalue weighted by Crippen LogP contribution is 2.25. The summed E-state index contributed by atoms with van der Waals surface area (Å²) in [6.45, 7) is 2.21. The Labute approximate surface area is 71.0 Å². The second-order valence-corrected chi connectivity index (χ2v) is 5.22. The Morgan fingerprint density at radius 2 is 2.09 bits per heavy atom. The molecule has 0 saturated heterocycles. The van der Waals surface area contributed by atoms with E-state index in [4.69, 9.17) is 5.73 Å². The SMILES string of the molecule is CC1CCC(N)C(S(C)=O)C1. The van der Waals surface area contributed by atoms with E-state index in [9.17, 15) is 4.21 Å². The van der Waals surface area contributed by atoms with E-state index in [1.54, 1.807) is 6.26 Å². The van der Waals surface area contributed by atoms with Crippen molar-refractivity contribution in [1.82, 2.24) is 0 Å². The predicted molar refractivity (Wildman–Crippen MR) is 48.8 cm³/mol. The average Bonchev–Trinajstić information content (AvgIpc) is 1.94. The van der Waals surface area contributed by atoms with E-state index in [0.29, 0.717) is 5.92 Å². The first-order chi connectivity index (χ1) is 5.11. The fourth-order valence-electron chi connectivity index (χ4n) is 1.73. The highest BCUT2D eigenvalue weighted by atomic mass is 32.2. The third-order valence-electron chi connectivity index (χ3n) is 2.53. The molecule has 1 aliphatic rings. The molecular weight excluding hydrogens is 158 g/mol. The van der Waals surface area contributed by atoms with Crippen molar-refractivity contribution in [2.45, 2.75) is 37.5 Å². The molecule has 1 saturated carbocycles. The van der Waals surface area contributed by atoms with Crippen LogP contribution < -0.4 is 5.73 Å². The van der Waals surface area contributed by atoms with Gasteiger partial charge in [0.05, 0.1) is 0 Å². The maximum Gasteiger partial charge on any atom is 0.0498 e. The van der Waals surface area contributed by atoms with Crippen molar-refractivity contribution < 1.29 is 4.21 Å². The normalized spacial score (nSPS) is 41.9. The van der Waals surface area contributed by atoms with Gasteiger partial charge >= 0.3 is 0 Å². The van der Waals surface area contributed by atoms with Gasteiger partial charge in [0.15, 0.2) is 0 Å². The third-order valence-corrected chi connectivity index (χ3v) is 3.93. The van der Waals surface area contributed by atoms with Gasteiger partial charge in [-0.25, -0.2) is 0 Å². The lowest BCUT2D eigenvalue weighted by Gasteiger charge is -2.30. The maximum atomic E-state index is 11.2. The zero-order valence-corrected chi connectivity index (χ0v) is 8.06. The van der Waals surface area contributed by atoms with Gasteiger partial charge < -0.3 is 5.73 Å². The van der Waals surface area contributed by atoms with Crippen LogP contribution in [0.25, 0.3) is 0 Å². The number of hydrogen-bond acceptors (Lipinski definition) is 2. The lowest BCUT2D eigenvalue weighted by molar-refractivity contribution is 0.353. The van der Waals surface area contributed by atoms with Gasteiger partial charge in [-0.3, -0.25) is 4.21 Å². The van der Waals surface area contributed by atoms with Crippen LogP contribution in [0, 0.1) is 5.92 Å². The summed E-state index contributed by atoms with van der Waals surface area (Å²) >= 11 is 0. The first-order valence-electron chi connectivity index (χ1n) is 4.19. The molecule has 0 radical (unpaired) electrons. The topological polar surface area (TPSA) is 43.1 Å². The van der Waals surface area contributed by atoms with Crippen molar-refractivity contribution in [3.63, 3.8) is 0 Å². The number of rotatable bonds is 1. The van der Waals surface area contributed by atoms with Crippen molar-refractivity contribution >= 4 is 10.8 Å². The number of nitrogens with two attached hydrogens (primary N) is 1. The first-order valence-corrected chi connectivity index (χ1v) is 5.81. The van der Waals surface area contributed by atoms with Gasteiger partial charge in [0.1, 0.15) is 0 Å². The van der Waals surface area contributed by atoms with Crippen LogP contribution in [0.1, 0.15) is 26.2 Å². The van der Waals surface area contributed by atoms with Crippen molar-refractivity contribution in [3.8, 4) is 0 Å². The zero-order valence-electron chi connectivity index (χ0n) is 7.25. The molecule has 66 valence electrons. The smallest absolute Gasteiger partial charge is 0.0498 e. The van der Waals surface area contributed by atoms with E-state index >= 15 is 0 Å². The van der Waals surface area contributed by atoms with Crippen molar-refractivity contribution in [1.29, 1.82) is 0 Å². The van der Waals surface area contributed by atoms with Gasteiger partial charge in [0.2, 0.25) is 0 Å². The molecule has 0 aromatic heterocycles. The van der Waals surface area contributed by atoms with Crippen LogP contribution in [0.15, 0.2) is 0 Å². The standard InChI is InChI=1S/C8H17NOS/c1-6-3-4-7(9)8(5-6)11(2)10/h6-8H,3-5,9H2,1-2H3. The Kier molecular flexibility index (Phi) is 3.07. The summed E-state index contributed by atoms with van der Waals surface area (Å²) in [6, 6.07) is 0.178. The van der Waals surface area contributed by atoms with E-state index in [0.717, 1.165) is 12.8 Å². The Morgan fingerprint density at radius 1 is 1.45 bits per heavy atom. The van der Waals surface area contributed by atoms with Gasteiger partial charge in [-0.15, -0.1) is 0 Å². The fourth-order valence-corrected chi connectivity index (χ4v) is 2.96. The van der Waals surface area contributed by atoms with Crippen LogP contribution in [0.2, 0.25) is 0 Å². The second-order valence-electron chi connectivity index (χ2n) is 3.62. The molecule has 11 heavy (non-hydrogen) atoms. The zero-order chi connectivity index (χ0) is 8.43. The molecule has 0 amide bonds. The minimum absolute atomic E-state index is 0.178. The van der Waals surface area contributed by atoms with Crippen molar-refractivity contribution in [3.05, 3.63) is 0 Å². The van der Waals surface area contributed by atoms with Crippen LogP contribution in [0.3, 0.4) is 0 Å². The maximum absolute atomic E-state index is 11.2. The van der Waals surface area contributed by atoms with Crippen LogP contribution in [0.5, 0.6) is 0 Å². The summed E-state index contributed by atoms with van der Waals surface area (Å²) in [4.78, 5) is 0. The molecule has 0 aromatic carbocycles. The average molecular weight is 175 g/mol. The molecule has 0 aliphatic heterocycles. The van der Waals surface area contributed by atoms with Crippen LogP contribution in [-0.4, -0.2) is 21.8 Å². The monoisotopic (exact) mass is 175 g/mol. The molecule has 4 unspecified atom stereocenters. The van der Waals surface area contributed by atoms with Gasteiger partial charge in [0.25, 0.3) is 0 Å². The molecule has 2 nitrogen and oxygen atoms in total. The van der Waals surface area contributed by atoms with Gasteiger partial charge in [-0.2, -0.15) is 0 Å². The van der Waals surface area contributed by atoms with Gasteiger partial charge in [-0.05, 0) is 25.2 Å². The van der Waals surface area contributed by atoms with Gasteiger partial charge in [0, 0.05) is 28.3 Å². The molecular formula is C8H17NOS. The highest BCUT2D eigenvalue weighted by molar-refractivity contribution is 7.85. The van der Waals surface area contributed by atoms with E-state index in [2.05, 4.69) is 6.92 Å². The summed E-state index contributed by atoms with van der Waals surface area (Å²) in [7, 11) is -0.728. The van der Waals surface area contributed by atoms with Crippen LogP contribution >= 0.6 is 0 Å². The summed E-state index contributed by atoms with van der Waals surface area (Å²) < 4.78 is 11.2. The van der Waals surface area contributed by atoms with E-state index < -0.39 is 10.8 Å². The Hall–Kier alpha value is 0.110. The molecule has 1 rings (SSSR count). The molecule has 1 aliphatic carbocycles. The Morgan fingerprint density at radius 3 is 2.55 bits per heavy atom. The second kappa shape index (κ2) is 3.68. The summed E-state index contributed by atoms with van der Waals surface area (Å²) in [5, 5.41) is 0.249. The third kappa shape index (κ3) is 2.27. The van der Waals surface area contributed by atoms with Gasteiger partial charge in [-0.1, -0.05) is 6.92 Å². The number of hydrogen-bond donors (Lipinski definition) is 1. The Balaban J connectivity index is 2.54. The summed E-state index contributed by atoms with van der Waals surface area (Å²) in [5.41, 5.74) is 5.85. The molecule has 4 atom stereocenters. The quantitative estimate of drug-likeness (QED) is 0.643. The molecule has 0 bridgehead atoms. The lowest BCUT2D eigenvalue weighted by atomic mass is 9.87. The molecule has 0 spiro atoms. The molecule has 1 fully saturated rings. The predicted octanol–water partition coefficient (Wildman–Crippen LogP) is 0.881. The highest BCUT2D eigenvalue weighted by Gasteiger charge is 2.28. The van der Waals surface area contributed by atoms with Crippen molar-refractivity contribution in [2.24, 2.45) is 11.7 Å². The summed E-state index contributed by atoms with van der Waals surface area (Å²) in [6.07, 6.45) is 5.06. The minimum atomic E-state index is -0.728. The molecule has 3 heteroatoms. The lowest BCUT2D eigenvalue weighted by Crippen LogP contribution is -2.42. The molecule has 2 N–H and O–H groups in total. The summed E-state index contributed by atoms with van der Waals surface area (Å²) in [5.74, 6) is 0.712. The largest absolute Gasteiger partial charge is 0.327 e. The van der Waals surface area contributed by atoms with Crippen molar-refractivity contribution in [2.75, 3.05) is 6.26 Å². The first kappa shape index (κ1) is 9.20. The fraction of sp³-hybridized carbons (Fsp3) is 1.00. The van der Waals surface area contributed by atoms with E-state index in [1.807, 2.05) is 0 Å². The minimum Gasteiger partial charge on any atom is -0.327 e. The molecule has 0 aromatic rings. The van der Waals surface area contributed by atoms with Crippen LogP contribution in [-0.2, 0) is 10.8 Å².